The number of carbonyl (C=O) groups is 1. The summed E-state index contributed by atoms with van der Waals surface area (Å²) in [5, 5.41) is 15.7. The number of anilines is 1. The summed E-state index contributed by atoms with van der Waals surface area (Å²) >= 11 is 1.55. The van der Waals surface area contributed by atoms with Crippen LogP contribution in [0.5, 0.6) is 0 Å². The molecule has 8 heteroatoms. The molecule has 2 heterocycles. The number of H-pyrrole nitrogens is 1. The molecular weight excluding hydrogens is 364 g/mol. The average molecular weight is 378 g/mol. The quantitative estimate of drug-likeness (QED) is 0.397. The van der Waals surface area contributed by atoms with Gasteiger partial charge in [0.1, 0.15) is 5.82 Å². The molecule has 0 bridgehead atoms. The first-order valence-electron chi connectivity index (χ1n) is 8.15. The van der Waals surface area contributed by atoms with Crippen molar-refractivity contribution in [1.82, 2.24) is 9.97 Å². The molecule has 0 unspecified atom stereocenters. The van der Waals surface area contributed by atoms with Crippen LogP contribution in [-0.2, 0) is 11.2 Å². The van der Waals surface area contributed by atoms with E-state index >= 15 is 0 Å². The molecule has 4 aromatic rings. The zero-order chi connectivity index (χ0) is 18.8. The Hall–Kier alpha value is -3.52. The lowest BCUT2D eigenvalue weighted by molar-refractivity contribution is -0.384. The third kappa shape index (κ3) is 3.70. The Labute approximate surface area is 157 Å². The lowest BCUT2D eigenvalue weighted by Crippen LogP contribution is -2.13. The lowest BCUT2D eigenvalue weighted by Gasteiger charge is -2.05. The monoisotopic (exact) mass is 378 g/mol. The van der Waals surface area contributed by atoms with Gasteiger partial charge >= 0.3 is 0 Å². The molecule has 0 fully saturated rings. The summed E-state index contributed by atoms with van der Waals surface area (Å²) in [6.45, 7) is 0. The van der Waals surface area contributed by atoms with Crippen LogP contribution in [0.3, 0.4) is 0 Å². The number of carbonyl (C=O) groups excluding carboxylic acids is 1. The van der Waals surface area contributed by atoms with Crippen molar-refractivity contribution in [2.45, 2.75) is 6.42 Å². The predicted octanol–water partition coefficient (Wildman–Crippen LogP) is 4.38. The first-order chi connectivity index (χ1) is 13.1. The highest BCUT2D eigenvalue weighted by Gasteiger charge is 2.11. The molecule has 0 saturated heterocycles. The number of hydrogen-bond donors (Lipinski definition) is 2. The van der Waals surface area contributed by atoms with Crippen LogP contribution >= 0.6 is 11.3 Å². The van der Waals surface area contributed by atoms with Crippen LogP contribution in [0.2, 0.25) is 0 Å². The third-order valence-corrected chi connectivity index (χ3v) is 4.91. The van der Waals surface area contributed by atoms with Gasteiger partial charge in [0.2, 0.25) is 5.91 Å². The third-order valence-electron chi connectivity index (χ3n) is 4.03. The summed E-state index contributed by atoms with van der Waals surface area (Å²) in [6, 6.07) is 15.6. The fourth-order valence-corrected chi connectivity index (χ4v) is 3.44. The summed E-state index contributed by atoms with van der Waals surface area (Å²) in [5.41, 5.74) is 2.80. The minimum atomic E-state index is -0.437. The zero-order valence-corrected chi connectivity index (χ0v) is 14.8. The number of nitro benzene ring substituents is 1. The number of rotatable bonds is 5. The van der Waals surface area contributed by atoms with E-state index in [0.29, 0.717) is 29.0 Å². The minimum Gasteiger partial charge on any atom is -0.338 e. The topological polar surface area (TPSA) is 101 Å². The van der Waals surface area contributed by atoms with Crippen LogP contribution in [0.15, 0.2) is 60.0 Å². The molecule has 2 aromatic heterocycles. The minimum absolute atomic E-state index is 0.0153. The second-order valence-corrected chi connectivity index (χ2v) is 6.96. The largest absolute Gasteiger partial charge is 0.338 e. The van der Waals surface area contributed by atoms with Gasteiger partial charge in [0.15, 0.2) is 0 Å². The van der Waals surface area contributed by atoms with Gasteiger partial charge in [-0.3, -0.25) is 14.9 Å². The first-order valence-corrected chi connectivity index (χ1v) is 9.03. The maximum atomic E-state index is 12.1. The van der Waals surface area contributed by atoms with E-state index in [9.17, 15) is 14.9 Å². The van der Waals surface area contributed by atoms with Crippen molar-refractivity contribution in [3.63, 3.8) is 0 Å². The molecule has 0 aliphatic rings. The molecular formula is C19H14N4O3S. The van der Waals surface area contributed by atoms with E-state index in [1.807, 2.05) is 29.6 Å². The van der Waals surface area contributed by atoms with Crippen molar-refractivity contribution >= 4 is 39.7 Å². The van der Waals surface area contributed by atoms with Gasteiger partial charge in [-0.15, -0.1) is 11.3 Å². The van der Waals surface area contributed by atoms with Crippen molar-refractivity contribution in [1.29, 1.82) is 0 Å². The number of nitro groups is 1. The number of thiophene rings is 1. The summed E-state index contributed by atoms with van der Waals surface area (Å²) < 4.78 is 0. The summed E-state index contributed by atoms with van der Waals surface area (Å²) in [6.07, 6.45) is 0.349. The van der Waals surface area contributed by atoms with Gasteiger partial charge in [-0.25, -0.2) is 4.98 Å². The number of fused-ring (bicyclic) bond motifs is 1. The van der Waals surface area contributed by atoms with Crippen LogP contribution in [0, 0.1) is 10.1 Å². The Kier molecular flexibility index (Phi) is 4.39. The summed E-state index contributed by atoms with van der Waals surface area (Å²) in [5.74, 6) is 0.545. The Morgan fingerprint density at radius 3 is 2.70 bits per heavy atom. The van der Waals surface area contributed by atoms with Gasteiger partial charge in [-0.05, 0) is 41.8 Å². The number of nitrogens with zero attached hydrogens (tertiary/aromatic N) is 2. The summed E-state index contributed by atoms with van der Waals surface area (Å²) in [7, 11) is 0. The molecule has 0 aliphatic carbocycles. The van der Waals surface area contributed by atoms with Gasteiger partial charge in [-0.1, -0.05) is 6.07 Å². The zero-order valence-electron chi connectivity index (χ0n) is 14.0. The number of aromatic amines is 1. The number of amides is 1. The van der Waals surface area contributed by atoms with Crippen molar-refractivity contribution in [2.75, 3.05) is 5.32 Å². The smallest absolute Gasteiger partial charge is 0.271 e. The van der Waals surface area contributed by atoms with Crippen LogP contribution in [-0.4, -0.2) is 20.8 Å². The molecule has 0 radical (unpaired) electrons. The van der Waals surface area contributed by atoms with Gasteiger partial charge in [-0.2, -0.15) is 0 Å². The molecule has 0 aliphatic heterocycles. The lowest BCUT2D eigenvalue weighted by atomic mass is 10.2. The fraction of sp³-hybridized carbons (Fsp3) is 0.0526. The molecule has 2 aromatic carbocycles. The van der Waals surface area contributed by atoms with E-state index in [-0.39, 0.29) is 11.6 Å². The normalized spacial score (nSPS) is 10.8. The second-order valence-electron chi connectivity index (χ2n) is 5.93. The van der Waals surface area contributed by atoms with Gasteiger partial charge < -0.3 is 10.3 Å². The standard InChI is InChI=1S/C19H14N4O3S/c24-18(11-15-2-1-9-27-15)20-13-5-3-12(4-6-13)19-21-16-8-7-14(23(25)26)10-17(16)22-19/h1-10H,11H2,(H,20,24)(H,21,22). The van der Waals surface area contributed by atoms with Crippen molar-refractivity contribution in [3.05, 3.63) is 75.0 Å². The Morgan fingerprint density at radius 2 is 2.00 bits per heavy atom. The van der Waals surface area contributed by atoms with Gasteiger partial charge in [0.25, 0.3) is 5.69 Å². The number of nitrogens with one attached hydrogen (secondary N) is 2. The van der Waals surface area contributed by atoms with Crippen molar-refractivity contribution in [2.24, 2.45) is 0 Å². The molecule has 0 spiro atoms. The maximum absolute atomic E-state index is 12.1. The fourth-order valence-electron chi connectivity index (χ4n) is 2.74. The Morgan fingerprint density at radius 1 is 1.19 bits per heavy atom. The van der Waals surface area contributed by atoms with E-state index in [1.165, 1.54) is 12.1 Å². The number of hydrogen-bond acceptors (Lipinski definition) is 5. The van der Waals surface area contributed by atoms with Crippen LogP contribution in [0.1, 0.15) is 4.88 Å². The van der Waals surface area contributed by atoms with E-state index in [1.54, 1.807) is 29.5 Å². The Bertz CT molecular complexity index is 1120. The molecule has 134 valence electrons. The molecule has 0 saturated carbocycles. The molecule has 7 nitrogen and oxygen atoms in total. The molecule has 1 amide bonds. The molecule has 27 heavy (non-hydrogen) atoms. The number of non-ortho nitro benzene ring substituents is 1. The van der Waals surface area contributed by atoms with Crippen molar-refractivity contribution in [3.8, 4) is 11.4 Å². The highest BCUT2D eigenvalue weighted by atomic mass is 32.1. The SMILES string of the molecule is O=C(Cc1cccs1)Nc1ccc(-c2nc3ccc([N+](=O)[O-])cc3[nH]2)cc1. The number of imidazole rings is 1. The van der Waals surface area contributed by atoms with E-state index in [4.69, 9.17) is 0 Å². The van der Waals surface area contributed by atoms with Gasteiger partial charge in [0.05, 0.1) is 22.4 Å². The average Bonchev–Trinajstić information content (AvgIpc) is 3.30. The Balaban J connectivity index is 1.50. The first kappa shape index (κ1) is 16.9. The maximum Gasteiger partial charge on any atom is 0.271 e. The molecule has 2 N–H and O–H groups in total. The van der Waals surface area contributed by atoms with Crippen LogP contribution < -0.4 is 5.32 Å². The highest BCUT2D eigenvalue weighted by Crippen LogP contribution is 2.25. The number of aromatic nitrogens is 2. The van der Waals surface area contributed by atoms with E-state index in [2.05, 4.69) is 15.3 Å². The summed E-state index contributed by atoms with van der Waals surface area (Å²) in [4.78, 5) is 31.1. The molecule has 4 rings (SSSR count). The highest BCUT2D eigenvalue weighted by molar-refractivity contribution is 7.10. The van der Waals surface area contributed by atoms with E-state index < -0.39 is 4.92 Å². The van der Waals surface area contributed by atoms with Gasteiger partial charge in [0, 0.05) is 28.3 Å². The molecule has 0 atom stereocenters. The van der Waals surface area contributed by atoms with E-state index in [0.717, 1.165) is 10.4 Å². The van der Waals surface area contributed by atoms with Crippen molar-refractivity contribution < 1.29 is 9.72 Å². The number of benzene rings is 2. The predicted molar refractivity (Wildman–Crippen MR) is 105 cm³/mol. The van der Waals surface area contributed by atoms with Crippen LogP contribution in [0.25, 0.3) is 22.4 Å². The van der Waals surface area contributed by atoms with Crippen LogP contribution in [0.4, 0.5) is 11.4 Å². The second kappa shape index (κ2) is 7.00.